The van der Waals surface area contributed by atoms with E-state index in [4.69, 9.17) is 0 Å². The molecule has 2 N–H and O–H groups in total. The van der Waals surface area contributed by atoms with Gasteiger partial charge in [-0.05, 0) is 43.7 Å². The summed E-state index contributed by atoms with van der Waals surface area (Å²) in [6, 6.07) is 24.5. The van der Waals surface area contributed by atoms with E-state index >= 15 is 0 Å². The Morgan fingerprint density at radius 1 is 0.730 bits per heavy atom. The number of benzene rings is 3. The first-order chi connectivity index (χ1) is 17.4. The topological polar surface area (TPSA) is 119 Å². The second-order valence-corrected chi connectivity index (χ2v) is 8.42. The standard InChI is InChI=1S/C27H23N5O4.Cu/c1-17-23(26(33)30(28-17)20-9-5-3-6-10-20)25(19-13-15-22(16-14-19)32(35)36)24-18(2)29-31(27(24)34)21-11-7-4-8-12-21;/h3-16,25,33-34H,1-2H3;. The Hall–Kier alpha value is -4.40. The summed E-state index contributed by atoms with van der Waals surface area (Å²) in [4.78, 5) is 10.8. The first-order valence-electron chi connectivity index (χ1n) is 11.3. The molecule has 0 aliphatic carbocycles. The van der Waals surface area contributed by atoms with E-state index in [9.17, 15) is 20.3 Å². The van der Waals surface area contributed by atoms with Crippen molar-refractivity contribution < 1.29 is 32.2 Å². The molecule has 0 saturated carbocycles. The number of aromatic hydroxyl groups is 2. The molecule has 9 nitrogen and oxygen atoms in total. The summed E-state index contributed by atoms with van der Waals surface area (Å²) in [6.07, 6.45) is 0. The molecule has 5 aromatic rings. The van der Waals surface area contributed by atoms with E-state index in [1.54, 1.807) is 26.0 Å². The van der Waals surface area contributed by atoms with Crippen molar-refractivity contribution >= 4 is 5.69 Å². The van der Waals surface area contributed by atoms with Gasteiger partial charge in [-0.15, -0.1) is 0 Å². The molecule has 2 aromatic heterocycles. The summed E-state index contributed by atoms with van der Waals surface area (Å²) >= 11 is 0. The quantitative estimate of drug-likeness (QED) is 0.173. The molecule has 0 aliphatic heterocycles. The zero-order valence-corrected chi connectivity index (χ0v) is 20.9. The van der Waals surface area contributed by atoms with Gasteiger partial charge in [0.2, 0.25) is 11.8 Å². The Kier molecular flexibility index (Phi) is 7.15. The zero-order chi connectivity index (χ0) is 25.4. The molecule has 3 aromatic carbocycles. The summed E-state index contributed by atoms with van der Waals surface area (Å²) in [5.74, 6) is -0.873. The van der Waals surface area contributed by atoms with Crippen molar-refractivity contribution in [2.45, 2.75) is 19.8 Å². The van der Waals surface area contributed by atoms with Crippen molar-refractivity contribution in [3.05, 3.63) is 123 Å². The van der Waals surface area contributed by atoms with Gasteiger partial charge in [0.05, 0.1) is 27.7 Å². The summed E-state index contributed by atoms with van der Waals surface area (Å²) in [5.41, 5.74) is 3.96. The fourth-order valence-corrected chi connectivity index (χ4v) is 4.49. The molecular formula is C27H23CuN5O4. The third kappa shape index (κ3) is 4.60. The largest absolute Gasteiger partial charge is 0.493 e. The second kappa shape index (κ2) is 10.3. The van der Waals surface area contributed by atoms with E-state index in [1.807, 2.05) is 60.7 Å². The van der Waals surface area contributed by atoms with Gasteiger partial charge in [0.15, 0.2) is 0 Å². The van der Waals surface area contributed by atoms with E-state index in [0.717, 1.165) is 0 Å². The van der Waals surface area contributed by atoms with Gasteiger partial charge in [-0.3, -0.25) is 10.1 Å². The van der Waals surface area contributed by atoms with E-state index < -0.39 is 10.8 Å². The van der Waals surface area contributed by atoms with Gasteiger partial charge < -0.3 is 10.2 Å². The number of nitro groups is 1. The molecule has 2 heterocycles. The molecule has 37 heavy (non-hydrogen) atoms. The van der Waals surface area contributed by atoms with Crippen molar-refractivity contribution in [2.24, 2.45) is 0 Å². The summed E-state index contributed by atoms with van der Waals surface area (Å²) in [6.45, 7) is 3.56. The van der Waals surface area contributed by atoms with Crippen LogP contribution in [0, 0.1) is 24.0 Å². The van der Waals surface area contributed by atoms with Crippen LogP contribution in [0.3, 0.4) is 0 Å². The van der Waals surface area contributed by atoms with Crippen LogP contribution in [0.5, 0.6) is 11.8 Å². The second-order valence-electron chi connectivity index (χ2n) is 8.42. The average molecular weight is 545 g/mol. The third-order valence-electron chi connectivity index (χ3n) is 6.18. The van der Waals surface area contributed by atoms with E-state index in [0.29, 0.717) is 39.5 Å². The van der Waals surface area contributed by atoms with E-state index in [-0.39, 0.29) is 34.5 Å². The molecule has 0 spiro atoms. The Labute approximate surface area is 223 Å². The Morgan fingerprint density at radius 2 is 1.14 bits per heavy atom. The predicted molar refractivity (Wildman–Crippen MR) is 134 cm³/mol. The molecule has 5 rings (SSSR count). The van der Waals surface area contributed by atoms with Gasteiger partial charge in [0.25, 0.3) is 5.69 Å². The summed E-state index contributed by atoms with van der Waals surface area (Å²) < 4.78 is 2.88. The molecule has 0 saturated heterocycles. The fraction of sp³-hybridized carbons (Fsp3) is 0.111. The number of hydrogen-bond donors (Lipinski definition) is 2. The van der Waals surface area contributed by atoms with Crippen LogP contribution in [0.1, 0.15) is 34.0 Å². The molecule has 0 aliphatic rings. The van der Waals surface area contributed by atoms with E-state index in [1.165, 1.54) is 21.5 Å². The minimum atomic E-state index is -0.694. The van der Waals surface area contributed by atoms with Gasteiger partial charge in [-0.25, -0.2) is 9.36 Å². The van der Waals surface area contributed by atoms with Crippen LogP contribution in [0.15, 0.2) is 84.9 Å². The van der Waals surface area contributed by atoms with Crippen LogP contribution in [0.2, 0.25) is 0 Å². The molecule has 191 valence electrons. The minimum absolute atomic E-state index is 0. The molecule has 0 unspecified atom stereocenters. The minimum Gasteiger partial charge on any atom is -0.493 e. The average Bonchev–Trinajstić information content (AvgIpc) is 3.36. The van der Waals surface area contributed by atoms with Gasteiger partial charge in [0, 0.05) is 46.2 Å². The van der Waals surface area contributed by atoms with E-state index in [2.05, 4.69) is 10.2 Å². The van der Waals surface area contributed by atoms with Crippen LogP contribution >= 0.6 is 0 Å². The predicted octanol–water partition coefficient (Wildman–Crippen LogP) is 5.17. The fourth-order valence-electron chi connectivity index (χ4n) is 4.49. The number of rotatable bonds is 6. The zero-order valence-electron chi connectivity index (χ0n) is 19.9. The molecule has 0 atom stereocenters. The molecule has 10 heteroatoms. The van der Waals surface area contributed by atoms with Crippen LogP contribution in [-0.2, 0) is 17.1 Å². The third-order valence-corrected chi connectivity index (χ3v) is 6.18. The van der Waals surface area contributed by atoms with Crippen molar-refractivity contribution in [3.8, 4) is 23.1 Å². The maximum atomic E-state index is 11.4. The van der Waals surface area contributed by atoms with Crippen molar-refractivity contribution in [3.63, 3.8) is 0 Å². The summed E-state index contributed by atoms with van der Waals surface area (Å²) in [7, 11) is 0. The normalized spacial score (nSPS) is 10.9. The number of aryl methyl sites for hydroxylation is 2. The molecule has 0 fully saturated rings. The number of hydrogen-bond acceptors (Lipinski definition) is 6. The van der Waals surface area contributed by atoms with Crippen LogP contribution in [-0.4, -0.2) is 34.7 Å². The van der Waals surface area contributed by atoms with Crippen molar-refractivity contribution in [1.29, 1.82) is 0 Å². The SMILES string of the molecule is Cc1nn(-c2ccccc2)c(O)c1C(c1ccc([N+](=O)[O-])cc1)c1c(C)nn(-c2ccccc2)c1O.[Cu]. The van der Waals surface area contributed by atoms with Gasteiger partial charge in [-0.2, -0.15) is 10.2 Å². The number of non-ortho nitro benzene ring substituents is 1. The molecule has 1 radical (unpaired) electrons. The monoisotopic (exact) mass is 544 g/mol. The number of para-hydroxylation sites is 2. The van der Waals surface area contributed by atoms with Gasteiger partial charge in [0.1, 0.15) is 0 Å². The van der Waals surface area contributed by atoms with Gasteiger partial charge in [-0.1, -0.05) is 48.5 Å². The number of nitrogens with zero attached hydrogens (tertiary/aromatic N) is 5. The molecule has 0 amide bonds. The number of aromatic nitrogens is 4. The smallest absolute Gasteiger partial charge is 0.269 e. The van der Waals surface area contributed by atoms with Gasteiger partial charge >= 0.3 is 0 Å². The Bertz CT molecular complexity index is 1460. The maximum Gasteiger partial charge on any atom is 0.269 e. The van der Waals surface area contributed by atoms with Crippen LogP contribution < -0.4 is 0 Å². The van der Waals surface area contributed by atoms with Crippen molar-refractivity contribution in [1.82, 2.24) is 19.6 Å². The Morgan fingerprint density at radius 3 is 1.51 bits per heavy atom. The number of nitro benzene ring substituents is 1. The van der Waals surface area contributed by atoms with Crippen LogP contribution in [0.25, 0.3) is 11.4 Å². The van der Waals surface area contributed by atoms with Crippen LogP contribution in [0.4, 0.5) is 5.69 Å². The maximum absolute atomic E-state index is 11.4. The first kappa shape index (κ1) is 25.7. The Balaban J connectivity index is 0.00000320. The molecule has 0 bridgehead atoms. The molecular weight excluding hydrogens is 522 g/mol. The van der Waals surface area contributed by atoms with Crippen molar-refractivity contribution in [2.75, 3.05) is 0 Å². The summed E-state index contributed by atoms with van der Waals surface area (Å²) in [5, 5.41) is 43.2. The first-order valence-corrected chi connectivity index (χ1v) is 11.3.